The third-order valence-electron chi connectivity index (χ3n) is 1.76. The molecule has 9 heteroatoms. The average Bonchev–Trinajstić information content (AvgIpc) is 1.93. The summed E-state index contributed by atoms with van der Waals surface area (Å²) in [6, 6.07) is 0. The molecule has 3 atom stereocenters. The van der Waals surface area contributed by atoms with E-state index in [0.717, 1.165) is 0 Å². The summed E-state index contributed by atoms with van der Waals surface area (Å²) in [4.78, 5) is 0. The number of halogens is 8. The van der Waals surface area contributed by atoms with Crippen molar-refractivity contribution in [2.24, 2.45) is 0 Å². The number of hydrogen-bond acceptors (Lipinski definition) is 1. The second-order valence-corrected chi connectivity index (χ2v) is 4.31. The van der Waals surface area contributed by atoms with Crippen molar-refractivity contribution >= 4 is 34.8 Å². The number of ether oxygens (including phenoxy) is 1. The van der Waals surface area contributed by atoms with Crippen LogP contribution < -0.4 is 0 Å². The summed E-state index contributed by atoms with van der Waals surface area (Å²) in [6.07, 6.45) is -5.78. The zero-order chi connectivity index (χ0) is 11.4. The van der Waals surface area contributed by atoms with Gasteiger partial charge in [0.1, 0.15) is 0 Å². The molecule has 0 radical (unpaired) electrons. The maximum atomic E-state index is 12.8. The first-order valence-corrected chi connectivity index (χ1v) is 4.27. The molecule has 0 unspecified atom stereocenters. The number of alkyl halides is 8. The van der Waals surface area contributed by atoms with Gasteiger partial charge in [-0.2, -0.15) is 8.78 Å². The molecule has 0 N–H and O–H groups in total. The summed E-state index contributed by atoms with van der Waals surface area (Å²) < 4.78 is 62.7. The van der Waals surface area contributed by atoms with E-state index in [2.05, 4.69) is 39.5 Å². The Hall–Kier alpha value is 0.480. The molecule has 0 bridgehead atoms. The molecule has 1 heterocycles. The molecular formula is C5H2Cl3F5O. The molecule has 0 aromatic rings. The minimum atomic E-state index is -4.58. The van der Waals surface area contributed by atoms with E-state index in [1.165, 1.54) is 0 Å². The Labute approximate surface area is 90.0 Å². The molecule has 1 fully saturated rings. The van der Waals surface area contributed by atoms with Gasteiger partial charge in [-0.25, -0.2) is 13.2 Å². The molecule has 1 aliphatic rings. The van der Waals surface area contributed by atoms with Gasteiger partial charge in [0.2, 0.25) is 12.0 Å². The van der Waals surface area contributed by atoms with Crippen molar-refractivity contribution < 1.29 is 26.7 Å². The van der Waals surface area contributed by atoms with Crippen LogP contribution >= 0.6 is 34.8 Å². The summed E-state index contributed by atoms with van der Waals surface area (Å²) in [5.41, 5.74) is -3.72. The normalized spacial score (nSPS) is 39.4. The fourth-order valence-electron chi connectivity index (χ4n) is 1.02. The van der Waals surface area contributed by atoms with E-state index < -0.39 is 28.1 Å². The number of rotatable bonds is 2. The molecule has 0 aromatic heterocycles. The van der Waals surface area contributed by atoms with Gasteiger partial charge in [0.25, 0.3) is 4.59 Å². The standard InChI is InChI=1S/C5H2Cl3F5O/c6-4(7,11)3(5(8,12)13)1(9)2(10)14-3/h1-2H/t1-,2+,3+/m0/s1. The molecule has 1 aliphatic heterocycles. The van der Waals surface area contributed by atoms with Crippen LogP contribution in [0.2, 0.25) is 0 Å². The monoisotopic (exact) mass is 278 g/mol. The van der Waals surface area contributed by atoms with Crippen LogP contribution in [0.3, 0.4) is 0 Å². The van der Waals surface area contributed by atoms with Crippen molar-refractivity contribution in [3.05, 3.63) is 0 Å². The Balaban J connectivity index is 3.08. The summed E-state index contributed by atoms with van der Waals surface area (Å²) >= 11 is 13.6. The van der Waals surface area contributed by atoms with Crippen molar-refractivity contribution in [1.29, 1.82) is 0 Å². The summed E-state index contributed by atoms with van der Waals surface area (Å²) in [6.45, 7) is 0. The molecule has 84 valence electrons. The van der Waals surface area contributed by atoms with Gasteiger partial charge >= 0.3 is 5.38 Å². The fourth-order valence-corrected chi connectivity index (χ4v) is 1.93. The van der Waals surface area contributed by atoms with Gasteiger partial charge in [0.15, 0.2) is 6.17 Å². The van der Waals surface area contributed by atoms with Gasteiger partial charge in [-0.05, 0) is 11.6 Å². The van der Waals surface area contributed by atoms with E-state index in [1.807, 2.05) is 0 Å². The zero-order valence-electron chi connectivity index (χ0n) is 6.09. The van der Waals surface area contributed by atoms with Crippen LogP contribution in [0.15, 0.2) is 0 Å². The molecule has 0 aliphatic carbocycles. The Morgan fingerprint density at radius 3 is 1.57 bits per heavy atom. The van der Waals surface area contributed by atoms with Gasteiger partial charge in [0, 0.05) is 0 Å². The zero-order valence-corrected chi connectivity index (χ0v) is 8.35. The highest BCUT2D eigenvalue weighted by Gasteiger charge is 2.80. The fraction of sp³-hybridized carbons (Fsp3) is 1.00. The predicted molar refractivity (Wildman–Crippen MR) is 40.0 cm³/mol. The van der Waals surface area contributed by atoms with Crippen LogP contribution in [0.4, 0.5) is 22.0 Å². The summed E-state index contributed by atoms with van der Waals surface area (Å²) in [5, 5.41) is -4.58. The highest BCUT2D eigenvalue weighted by atomic mass is 35.5. The predicted octanol–water partition coefficient (Wildman–Crippen LogP) is 3.32. The Morgan fingerprint density at radius 2 is 1.50 bits per heavy atom. The Kier molecular flexibility index (Phi) is 2.90. The third kappa shape index (κ3) is 1.47. The van der Waals surface area contributed by atoms with E-state index in [-0.39, 0.29) is 0 Å². The Morgan fingerprint density at radius 1 is 1.07 bits per heavy atom. The highest BCUT2D eigenvalue weighted by Crippen LogP contribution is 2.59. The first kappa shape index (κ1) is 12.5. The van der Waals surface area contributed by atoms with Crippen LogP contribution in [0, 0.1) is 0 Å². The van der Waals surface area contributed by atoms with E-state index in [9.17, 15) is 22.0 Å². The van der Waals surface area contributed by atoms with E-state index in [4.69, 9.17) is 0 Å². The van der Waals surface area contributed by atoms with Crippen molar-refractivity contribution in [3.8, 4) is 0 Å². The largest absolute Gasteiger partial charge is 0.359 e. The van der Waals surface area contributed by atoms with Gasteiger partial charge in [-0.1, -0.05) is 23.2 Å². The van der Waals surface area contributed by atoms with Crippen LogP contribution in [0.1, 0.15) is 0 Å². The van der Waals surface area contributed by atoms with Gasteiger partial charge in [-0.15, -0.1) is 0 Å². The van der Waals surface area contributed by atoms with E-state index in [0.29, 0.717) is 0 Å². The molecule has 1 saturated heterocycles. The minimum absolute atomic E-state index is 2.73. The minimum Gasteiger partial charge on any atom is -0.322 e. The van der Waals surface area contributed by atoms with Crippen molar-refractivity contribution in [2.45, 2.75) is 28.1 Å². The second kappa shape index (κ2) is 3.23. The average molecular weight is 279 g/mol. The quantitative estimate of drug-likeness (QED) is 0.556. The van der Waals surface area contributed by atoms with Crippen LogP contribution in [0.25, 0.3) is 0 Å². The molecule has 1 rings (SSSR count). The van der Waals surface area contributed by atoms with Gasteiger partial charge < -0.3 is 4.74 Å². The van der Waals surface area contributed by atoms with Crippen LogP contribution in [0.5, 0.6) is 0 Å². The molecule has 14 heavy (non-hydrogen) atoms. The lowest BCUT2D eigenvalue weighted by Crippen LogP contribution is -2.74. The smallest absolute Gasteiger partial charge is 0.322 e. The van der Waals surface area contributed by atoms with Crippen molar-refractivity contribution in [2.75, 3.05) is 0 Å². The van der Waals surface area contributed by atoms with Crippen LogP contribution in [-0.2, 0) is 4.74 Å². The molecular weight excluding hydrogens is 277 g/mol. The lowest BCUT2D eigenvalue weighted by Gasteiger charge is -2.50. The maximum Gasteiger partial charge on any atom is 0.359 e. The van der Waals surface area contributed by atoms with E-state index >= 15 is 0 Å². The first-order valence-electron chi connectivity index (χ1n) is 3.13. The van der Waals surface area contributed by atoms with Crippen molar-refractivity contribution in [1.82, 2.24) is 0 Å². The maximum absolute atomic E-state index is 12.8. The van der Waals surface area contributed by atoms with Gasteiger partial charge in [0.05, 0.1) is 0 Å². The molecule has 0 saturated carbocycles. The molecule has 0 amide bonds. The van der Waals surface area contributed by atoms with Crippen LogP contribution in [-0.4, -0.2) is 28.1 Å². The van der Waals surface area contributed by atoms with E-state index in [1.54, 1.807) is 0 Å². The Bertz CT molecular complexity index is 223. The molecule has 1 nitrogen and oxygen atoms in total. The lowest BCUT2D eigenvalue weighted by molar-refractivity contribution is -0.372. The van der Waals surface area contributed by atoms with Gasteiger partial charge in [-0.3, -0.25) is 0 Å². The summed E-state index contributed by atoms with van der Waals surface area (Å²) in [5.74, 6) is 0. The SMILES string of the molecule is F[C@@H]1O[C@@](C(F)(F)Cl)(C(F)(Cl)Cl)[C@H]1F. The number of hydrogen-bond donors (Lipinski definition) is 0. The second-order valence-electron chi connectivity index (χ2n) is 2.60. The summed E-state index contributed by atoms with van der Waals surface area (Å²) in [7, 11) is 0. The third-order valence-corrected chi connectivity index (χ3v) is 2.60. The topological polar surface area (TPSA) is 9.23 Å². The molecule has 0 spiro atoms. The molecule has 0 aromatic carbocycles. The highest BCUT2D eigenvalue weighted by molar-refractivity contribution is 6.48. The lowest BCUT2D eigenvalue weighted by atomic mass is 9.92. The van der Waals surface area contributed by atoms with Crippen molar-refractivity contribution in [3.63, 3.8) is 0 Å². The first-order chi connectivity index (χ1) is 6.04.